The van der Waals surface area contributed by atoms with Crippen molar-refractivity contribution in [2.75, 3.05) is 25.1 Å². The van der Waals surface area contributed by atoms with Crippen LogP contribution in [0.15, 0.2) is 24.3 Å². The van der Waals surface area contributed by atoms with Gasteiger partial charge >= 0.3 is 0 Å². The van der Waals surface area contributed by atoms with Crippen LogP contribution in [0, 0.1) is 0 Å². The molecule has 1 heterocycles. The van der Waals surface area contributed by atoms with Crippen LogP contribution in [-0.4, -0.2) is 31.5 Å². The van der Waals surface area contributed by atoms with E-state index in [4.69, 9.17) is 14.2 Å². The van der Waals surface area contributed by atoms with E-state index < -0.39 is 5.79 Å². The second kappa shape index (κ2) is 7.43. The third-order valence-electron chi connectivity index (χ3n) is 3.39. The van der Waals surface area contributed by atoms with E-state index >= 15 is 0 Å². The molecule has 1 amide bonds. The number of benzene rings is 1. The highest BCUT2D eigenvalue weighted by Crippen LogP contribution is 2.30. The van der Waals surface area contributed by atoms with Gasteiger partial charge in [0.2, 0.25) is 5.79 Å². The number of amides is 1. The molecule has 1 aliphatic rings. The van der Waals surface area contributed by atoms with Crippen LogP contribution in [0.25, 0.3) is 0 Å². The molecular formula is C16H23NO4. The summed E-state index contributed by atoms with van der Waals surface area (Å²) >= 11 is 0. The maximum Gasteiger partial charge on any atom is 0.284 e. The molecule has 1 fully saturated rings. The summed E-state index contributed by atoms with van der Waals surface area (Å²) in [5.41, 5.74) is 0.637. The van der Waals surface area contributed by atoms with E-state index in [-0.39, 0.29) is 5.91 Å². The van der Waals surface area contributed by atoms with Gasteiger partial charge in [-0.1, -0.05) is 12.1 Å². The number of nitrogens with one attached hydrogen (secondary N) is 1. The van der Waals surface area contributed by atoms with Gasteiger partial charge < -0.3 is 19.5 Å². The van der Waals surface area contributed by atoms with Crippen molar-refractivity contribution in [2.24, 2.45) is 0 Å². The maximum absolute atomic E-state index is 12.6. The normalized spacial score (nSPS) is 21.8. The van der Waals surface area contributed by atoms with Crippen LogP contribution < -0.4 is 10.1 Å². The molecule has 0 bridgehead atoms. The summed E-state index contributed by atoms with van der Waals surface area (Å²) in [5.74, 6) is -0.793. The van der Waals surface area contributed by atoms with Crippen molar-refractivity contribution >= 4 is 11.6 Å². The Kier molecular flexibility index (Phi) is 5.59. The first-order valence-corrected chi connectivity index (χ1v) is 7.53. The zero-order chi connectivity index (χ0) is 15.1. The van der Waals surface area contributed by atoms with Gasteiger partial charge in [-0.15, -0.1) is 0 Å². The topological polar surface area (TPSA) is 56.8 Å². The first-order valence-electron chi connectivity index (χ1n) is 7.53. The van der Waals surface area contributed by atoms with Crippen LogP contribution in [0.1, 0.15) is 33.1 Å². The zero-order valence-electron chi connectivity index (χ0n) is 12.7. The summed E-state index contributed by atoms with van der Waals surface area (Å²) in [6.07, 6.45) is 2.45. The average Bonchev–Trinajstić information content (AvgIpc) is 2.50. The summed E-state index contributed by atoms with van der Waals surface area (Å²) in [4.78, 5) is 12.6. The molecule has 5 heteroatoms. The molecule has 0 aliphatic carbocycles. The third-order valence-corrected chi connectivity index (χ3v) is 3.39. The Balaban J connectivity index is 2.15. The number of ether oxygens (including phenoxy) is 3. The fourth-order valence-electron chi connectivity index (χ4n) is 2.43. The predicted octanol–water partition coefficient (Wildman–Crippen LogP) is 2.96. The molecule has 1 unspecified atom stereocenters. The third kappa shape index (κ3) is 3.74. The van der Waals surface area contributed by atoms with Gasteiger partial charge in [-0.05, 0) is 38.8 Å². The number of para-hydroxylation sites is 2. The summed E-state index contributed by atoms with van der Waals surface area (Å²) < 4.78 is 16.8. The minimum atomic E-state index is -1.17. The summed E-state index contributed by atoms with van der Waals surface area (Å²) in [7, 11) is 0. The minimum Gasteiger partial charge on any atom is -0.492 e. The average molecular weight is 293 g/mol. The lowest BCUT2D eigenvalue weighted by molar-refractivity contribution is -0.239. The molecule has 1 saturated heterocycles. The van der Waals surface area contributed by atoms with E-state index in [1.807, 2.05) is 38.1 Å². The highest BCUT2D eigenvalue weighted by molar-refractivity contribution is 5.97. The maximum atomic E-state index is 12.6. The van der Waals surface area contributed by atoms with Gasteiger partial charge in [-0.25, -0.2) is 0 Å². The summed E-state index contributed by atoms with van der Waals surface area (Å²) in [5, 5.41) is 2.88. The molecule has 5 nitrogen and oxygen atoms in total. The van der Waals surface area contributed by atoms with Crippen molar-refractivity contribution in [3.05, 3.63) is 24.3 Å². The van der Waals surface area contributed by atoms with Gasteiger partial charge in [0, 0.05) is 13.0 Å². The number of hydrogen-bond acceptors (Lipinski definition) is 4. The smallest absolute Gasteiger partial charge is 0.284 e. The number of carbonyl (C=O) groups is 1. The Labute approximate surface area is 125 Å². The summed E-state index contributed by atoms with van der Waals surface area (Å²) in [6.45, 7) is 5.28. The fourth-order valence-corrected chi connectivity index (χ4v) is 2.43. The van der Waals surface area contributed by atoms with Crippen molar-refractivity contribution in [2.45, 2.75) is 38.9 Å². The standard InChI is InChI=1S/C16H23NO4/c1-3-19-14-10-6-5-9-13(14)17-15(18)16(20-4-2)11-7-8-12-21-16/h5-6,9-10H,3-4,7-8,11-12H2,1-2H3,(H,17,18). The molecule has 0 aromatic heterocycles. The van der Waals surface area contributed by atoms with Crippen LogP contribution in [-0.2, 0) is 14.3 Å². The van der Waals surface area contributed by atoms with Crippen LogP contribution in [0.4, 0.5) is 5.69 Å². The van der Waals surface area contributed by atoms with Crippen molar-refractivity contribution in [1.82, 2.24) is 0 Å². The van der Waals surface area contributed by atoms with E-state index in [9.17, 15) is 4.79 Å². The molecule has 1 atom stereocenters. The second-order valence-electron chi connectivity index (χ2n) is 4.87. The van der Waals surface area contributed by atoms with Crippen LogP contribution in [0.2, 0.25) is 0 Å². The van der Waals surface area contributed by atoms with Gasteiger partial charge in [0.15, 0.2) is 0 Å². The monoisotopic (exact) mass is 293 g/mol. The predicted molar refractivity (Wildman–Crippen MR) is 80.4 cm³/mol. The van der Waals surface area contributed by atoms with Crippen molar-refractivity contribution in [3.8, 4) is 5.75 Å². The molecule has 1 N–H and O–H groups in total. The summed E-state index contributed by atoms with van der Waals surface area (Å²) in [6, 6.07) is 7.36. The Bertz CT molecular complexity index is 464. The molecule has 21 heavy (non-hydrogen) atoms. The molecule has 116 valence electrons. The lowest BCUT2D eigenvalue weighted by Gasteiger charge is -2.35. The van der Waals surface area contributed by atoms with Crippen molar-refractivity contribution in [1.29, 1.82) is 0 Å². The number of hydrogen-bond donors (Lipinski definition) is 1. The van der Waals surface area contributed by atoms with Gasteiger partial charge in [0.1, 0.15) is 5.75 Å². The lowest BCUT2D eigenvalue weighted by atomic mass is 10.0. The fraction of sp³-hybridized carbons (Fsp3) is 0.562. The minimum absolute atomic E-state index is 0.267. The number of rotatable bonds is 6. The van der Waals surface area contributed by atoms with E-state index in [0.717, 1.165) is 12.8 Å². The molecule has 0 spiro atoms. The molecule has 1 aromatic rings. The zero-order valence-corrected chi connectivity index (χ0v) is 12.7. The largest absolute Gasteiger partial charge is 0.492 e. The van der Waals surface area contributed by atoms with Crippen LogP contribution in [0.3, 0.4) is 0 Å². The second-order valence-corrected chi connectivity index (χ2v) is 4.87. The SMILES string of the molecule is CCOc1ccccc1NC(=O)C1(OCC)CCCCO1. The van der Waals surface area contributed by atoms with Crippen molar-refractivity contribution < 1.29 is 19.0 Å². The molecule has 0 radical (unpaired) electrons. The first kappa shape index (κ1) is 15.8. The van der Waals surface area contributed by atoms with E-state index in [1.165, 1.54) is 0 Å². The van der Waals surface area contributed by atoms with E-state index in [0.29, 0.717) is 37.7 Å². The molecule has 2 rings (SSSR count). The van der Waals surface area contributed by atoms with Gasteiger partial charge in [-0.2, -0.15) is 0 Å². The van der Waals surface area contributed by atoms with Gasteiger partial charge in [-0.3, -0.25) is 4.79 Å². The lowest BCUT2D eigenvalue weighted by Crippen LogP contribution is -2.50. The molecular weight excluding hydrogens is 270 g/mol. The van der Waals surface area contributed by atoms with Crippen LogP contribution >= 0.6 is 0 Å². The van der Waals surface area contributed by atoms with Crippen molar-refractivity contribution in [3.63, 3.8) is 0 Å². The Morgan fingerprint density at radius 1 is 1.29 bits per heavy atom. The first-order chi connectivity index (χ1) is 10.2. The Morgan fingerprint density at radius 2 is 2.10 bits per heavy atom. The highest BCUT2D eigenvalue weighted by atomic mass is 16.7. The highest BCUT2D eigenvalue weighted by Gasteiger charge is 2.42. The van der Waals surface area contributed by atoms with E-state index in [2.05, 4.69) is 5.32 Å². The number of anilines is 1. The van der Waals surface area contributed by atoms with E-state index in [1.54, 1.807) is 0 Å². The Hall–Kier alpha value is -1.59. The van der Waals surface area contributed by atoms with Gasteiger partial charge in [0.05, 0.1) is 18.9 Å². The molecule has 1 aliphatic heterocycles. The quantitative estimate of drug-likeness (QED) is 0.876. The van der Waals surface area contributed by atoms with Crippen LogP contribution in [0.5, 0.6) is 5.75 Å². The van der Waals surface area contributed by atoms with Gasteiger partial charge in [0.25, 0.3) is 5.91 Å². The number of carbonyl (C=O) groups excluding carboxylic acids is 1. The Morgan fingerprint density at radius 3 is 2.76 bits per heavy atom. The molecule has 1 aromatic carbocycles. The molecule has 0 saturated carbocycles.